The Bertz CT molecular complexity index is 457. The van der Waals surface area contributed by atoms with Gasteiger partial charge in [-0.25, -0.2) is 9.97 Å². The molecule has 0 unspecified atom stereocenters. The Morgan fingerprint density at radius 2 is 2.00 bits per heavy atom. The maximum Gasteiger partial charge on any atom is 0.141 e. The molecule has 15 heavy (non-hydrogen) atoms. The number of nitrogen functional groups attached to an aromatic ring is 1. The molecule has 2 aromatic heterocycles. The van der Waals surface area contributed by atoms with Crippen molar-refractivity contribution in [1.82, 2.24) is 19.5 Å². The van der Waals surface area contributed by atoms with Gasteiger partial charge in [0.1, 0.15) is 5.82 Å². The Balaban J connectivity index is 2.22. The highest BCUT2D eigenvalue weighted by molar-refractivity contribution is 5.23. The van der Waals surface area contributed by atoms with Crippen LogP contribution in [-0.4, -0.2) is 19.5 Å². The molecule has 0 saturated heterocycles. The molecule has 0 aliphatic heterocycles. The molecule has 2 rings (SSSR count). The lowest BCUT2D eigenvalue weighted by atomic mass is 10.3. The Hall–Kier alpha value is -1.91. The maximum atomic E-state index is 5.46. The number of hydrogen-bond acceptors (Lipinski definition) is 4. The van der Waals surface area contributed by atoms with Gasteiger partial charge in [-0.2, -0.15) is 0 Å². The van der Waals surface area contributed by atoms with E-state index in [2.05, 4.69) is 15.0 Å². The number of imidazole rings is 1. The van der Waals surface area contributed by atoms with Crippen molar-refractivity contribution in [2.24, 2.45) is 0 Å². The van der Waals surface area contributed by atoms with Gasteiger partial charge < -0.3 is 10.3 Å². The van der Waals surface area contributed by atoms with Crippen molar-refractivity contribution in [3.8, 4) is 0 Å². The summed E-state index contributed by atoms with van der Waals surface area (Å²) in [4.78, 5) is 12.4. The van der Waals surface area contributed by atoms with Crippen LogP contribution in [-0.2, 0) is 6.54 Å². The molecule has 5 heteroatoms. The zero-order chi connectivity index (χ0) is 10.8. The molecule has 2 aromatic rings. The third kappa shape index (κ3) is 1.96. The average Bonchev–Trinajstić information content (AvgIpc) is 2.53. The summed E-state index contributed by atoms with van der Waals surface area (Å²) in [5, 5.41) is 0. The van der Waals surface area contributed by atoms with E-state index < -0.39 is 0 Å². The minimum atomic E-state index is 0.442. The Morgan fingerprint density at radius 3 is 2.53 bits per heavy atom. The summed E-state index contributed by atoms with van der Waals surface area (Å²) in [5.74, 6) is 0.442. The molecule has 0 aliphatic rings. The summed E-state index contributed by atoms with van der Waals surface area (Å²) < 4.78 is 2.04. The van der Waals surface area contributed by atoms with Crippen molar-refractivity contribution >= 4 is 5.82 Å². The van der Waals surface area contributed by atoms with Gasteiger partial charge in [0.05, 0.1) is 36.7 Å². The average molecular weight is 203 g/mol. The minimum absolute atomic E-state index is 0.442. The van der Waals surface area contributed by atoms with Gasteiger partial charge in [-0.05, 0) is 13.8 Å². The number of rotatable bonds is 2. The van der Waals surface area contributed by atoms with Crippen LogP contribution in [0.25, 0.3) is 0 Å². The van der Waals surface area contributed by atoms with E-state index in [-0.39, 0.29) is 0 Å². The molecule has 0 amide bonds. The lowest BCUT2D eigenvalue weighted by molar-refractivity contribution is 0.743. The molecule has 0 atom stereocenters. The number of aryl methyl sites for hydroxylation is 1. The fourth-order valence-electron chi connectivity index (χ4n) is 1.32. The fourth-order valence-corrected chi connectivity index (χ4v) is 1.32. The van der Waals surface area contributed by atoms with E-state index in [0.29, 0.717) is 12.4 Å². The Morgan fingerprint density at radius 1 is 1.20 bits per heavy atom. The zero-order valence-corrected chi connectivity index (χ0v) is 8.81. The highest BCUT2D eigenvalue weighted by atomic mass is 15.1. The molecule has 0 aromatic carbocycles. The largest absolute Gasteiger partial charge is 0.382 e. The maximum absolute atomic E-state index is 5.46. The Labute approximate surface area is 88.0 Å². The van der Waals surface area contributed by atoms with Crippen LogP contribution in [0.3, 0.4) is 0 Å². The molecule has 78 valence electrons. The first-order valence-electron chi connectivity index (χ1n) is 4.71. The topological polar surface area (TPSA) is 69.6 Å². The minimum Gasteiger partial charge on any atom is -0.382 e. The summed E-state index contributed by atoms with van der Waals surface area (Å²) in [5.41, 5.74) is 8.53. The van der Waals surface area contributed by atoms with E-state index in [9.17, 15) is 0 Å². The summed E-state index contributed by atoms with van der Waals surface area (Å²) in [6, 6.07) is 0. The van der Waals surface area contributed by atoms with Gasteiger partial charge in [-0.3, -0.25) is 4.98 Å². The zero-order valence-electron chi connectivity index (χ0n) is 8.81. The van der Waals surface area contributed by atoms with Crippen LogP contribution in [0, 0.1) is 13.8 Å². The number of nitrogens with zero attached hydrogens (tertiary/aromatic N) is 4. The first-order valence-corrected chi connectivity index (χ1v) is 4.71. The SMILES string of the molecule is Cc1ncn(Cc2cnc(N)cn2)c1C. The van der Waals surface area contributed by atoms with Gasteiger partial charge in [0.2, 0.25) is 0 Å². The van der Waals surface area contributed by atoms with Crippen LogP contribution in [0.5, 0.6) is 0 Å². The highest BCUT2D eigenvalue weighted by Gasteiger charge is 2.03. The number of hydrogen-bond donors (Lipinski definition) is 1. The van der Waals surface area contributed by atoms with Gasteiger partial charge in [-0.15, -0.1) is 0 Å². The van der Waals surface area contributed by atoms with E-state index in [1.165, 1.54) is 0 Å². The first kappa shape index (κ1) is 9.64. The van der Waals surface area contributed by atoms with Gasteiger partial charge in [0.15, 0.2) is 0 Å². The molecule has 5 nitrogen and oxygen atoms in total. The molecular weight excluding hydrogens is 190 g/mol. The Kier molecular flexibility index (Phi) is 2.37. The van der Waals surface area contributed by atoms with E-state index in [0.717, 1.165) is 17.1 Å². The van der Waals surface area contributed by atoms with Crippen molar-refractivity contribution in [3.05, 3.63) is 35.8 Å². The molecular formula is C10H13N5. The molecule has 0 bridgehead atoms. The predicted octanol–water partition coefficient (Wildman–Crippen LogP) is 0.920. The highest BCUT2D eigenvalue weighted by Crippen LogP contribution is 2.07. The van der Waals surface area contributed by atoms with Crippen molar-refractivity contribution in [2.75, 3.05) is 5.73 Å². The van der Waals surface area contributed by atoms with E-state index in [4.69, 9.17) is 5.73 Å². The number of anilines is 1. The van der Waals surface area contributed by atoms with Gasteiger partial charge >= 0.3 is 0 Å². The molecule has 0 saturated carbocycles. The fraction of sp³-hybridized carbons (Fsp3) is 0.300. The van der Waals surface area contributed by atoms with Crippen molar-refractivity contribution < 1.29 is 0 Å². The van der Waals surface area contributed by atoms with Gasteiger partial charge in [0, 0.05) is 5.69 Å². The molecule has 2 N–H and O–H groups in total. The molecule has 2 heterocycles. The first-order chi connectivity index (χ1) is 7.16. The predicted molar refractivity (Wildman–Crippen MR) is 57.2 cm³/mol. The second-order valence-corrected chi connectivity index (χ2v) is 3.48. The van der Waals surface area contributed by atoms with Crippen LogP contribution >= 0.6 is 0 Å². The van der Waals surface area contributed by atoms with Gasteiger partial charge in [-0.1, -0.05) is 0 Å². The smallest absolute Gasteiger partial charge is 0.141 e. The summed E-state index contributed by atoms with van der Waals surface area (Å²) in [7, 11) is 0. The van der Waals surface area contributed by atoms with E-state index >= 15 is 0 Å². The van der Waals surface area contributed by atoms with Gasteiger partial charge in [0.25, 0.3) is 0 Å². The van der Waals surface area contributed by atoms with Crippen LogP contribution in [0.1, 0.15) is 17.1 Å². The monoisotopic (exact) mass is 203 g/mol. The lowest BCUT2D eigenvalue weighted by Gasteiger charge is -2.04. The number of aromatic nitrogens is 4. The third-order valence-corrected chi connectivity index (χ3v) is 2.40. The van der Waals surface area contributed by atoms with Crippen molar-refractivity contribution in [2.45, 2.75) is 20.4 Å². The summed E-state index contributed by atoms with van der Waals surface area (Å²) in [6.45, 7) is 4.70. The van der Waals surface area contributed by atoms with Crippen LogP contribution in [0.2, 0.25) is 0 Å². The molecule has 0 spiro atoms. The lowest BCUT2D eigenvalue weighted by Crippen LogP contribution is -2.04. The second-order valence-electron chi connectivity index (χ2n) is 3.48. The second kappa shape index (κ2) is 3.68. The quantitative estimate of drug-likeness (QED) is 0.788. The molecule has 0 aliphatic carbocycles. The van der Waals surface area contributed by atoms with Crippen LogP contribution < -0.4 is 5.73 Å². The van der Waals surface area contributed by atoms with E-state index in [1.54, 1.807) is 12.4 Å². The molecule has 0 radical (unpaired) electrons. The summed E-state index contributed by atoms with van der Waals surface area (Å²) >= 11 is 0. The summed E-state index contributed by atoms with van der Waals surface area (Å²) in [6.07, 6.45) is 5.06. The standard InChI is InChI=1S/C10H13N5/c1-7-8(2)15(6-14-7)5-9-3-13-10(11)4-12-9/h3-4,6H,5H2,1-2H3,(H2,11,13). The third-order valence-electron chi connectivity index (χ3n) is 2.40. The van der Waals surface area contributed by atoms with Crippen LogP contribution in [0.4, 0.5) is 5.82 Å². The van der Waals surface area contributed by atoms with Crippen LogP contribution in [0.15, 0.2) is 18.7 Å². The van der Waals surface area contributed by atoms with Crippen molar-refractivity contribution in [3.63, 3.8) is 0 Å². The molecule has 0 fully saturated rings. The number of nitrogens with two attached hydrogens (primary N) is 1. The van der Waals surface area contributed by atoms with E-state index in [1.807, 2.05) is 24.7 Å². The normalized spacial score (nSPS) is 10.5. The van der Waals surface area contributed by atoms with Crippen molar-refractivity contribution in [1.29, 1.82) is 0 Å².